The van der Waals surface area contributed by atoms with E-state index >= 15 is 0 Å². The molecule has 2 aromatic heterocycles. The van der Waals surface area contributed by atoms with Gasteiger partial charge < -0.3 is 5.32 Å². The van der Waals surface area contributed by atoms with E-state index in [1.54, 1.807) is 6.07 Å². The highest BCUT2D eigenvalue weighted by atomic mass is 16.1. The average molecular weight is 273 g/mol. The maximum atomic E-state index is 12.1. The summed E-state index contributed by atoms with van der Waals surface area (Å²) in [5, 5.41) is 6.44. The van der Waals surface area contributed by atoms with E-state index in [1.807, 2.05) is 0 Å². The van der Waals surface area contributed by atoms with Crippen LogP contribution in [0.2, 0.25) is 0 Å². The van der Waals surface area contributed by atoms with E-state index in [4.69, 9.17) is 0 Å². The first-order valence-corrected chi connectivity index (χ1v) is 7.49. The molecule has 0 radical (unpaired) electrons. The minimum absolute atomic E-state index is 0.0432. The van der Waals surface area contributed by atoms with Crippen molar-refractivity contribution in [3.05, 3.63) is 27.9 Å². The second kappa shape index (κ2) is 4.70. The van der Waals surface area contributed by atoms with Crippen LogP contribution in [-0.2, 0) is 6.42 Å². The lowest BCUT2D eigenvalue weighted by atomic mass is 9.93. The first-order valence-electron chi connectivity index (χ1n) is 7.49. The predicted octanol–water partition coefficient (Wildman–Crippen LogP) is 0.837. The quantitative estimate of drug-likeness (QED) is 0.869. The van der Waals surface area contributed by atoms with Crippen LogP contribution in [0.4, 0.5) is 0 Å². The Kier molecular flexibility index (Phi) is 2.84. The highest BCUT2D eigenvalue weighted by Crippen LogP contribution is 2.37. The lowest BCUT2D eigenvalue weighted by Crippen LogP contribution is -2.29. The van der Waals surface area contributed by atoms with Gasteiger partial charge in [-0.2, -0.15) is 9.50 Å². The van der Waals surface area contributed by atoms with Gasteiger partial charge in [0.2, 0.25) is 0 Å². The summed E-state index contributed by atoms with van der Waals surface area (Å²) in [7, 11) is 0. The summed E-state index contributed by atoms with van der Waals surface area (Å²) in [6.07, 6.45) is 5.54. The lowest BCUT2D eigenvalue weighted by molar-refractivity contribution is 0.370. The topological polar surface area (TPSA) is 75.1 Å². The van der Waals surface area contributed by atoms with Crippen molar-refractivity contribution in [2.75, 3.05) is 13.1 Å². The third-order valence-corrected chi connectivity index (χ3v) is 4.32. The van der Waals surface area contributed by atoms with Crippen LogP contribution in [0, 0.1) is 5.92 Å². The zero-order valence-corrected chi connectivity index (χ0v) is 11.4. The van der Waals surface area contributed by atoms with Gasteiger partial charge in [0.15, 0.2) is 0 Å². The Hall–Kier alpha value is -1.69. The predicted molar refractivity (Wildman–Crippen MR) is 74.9 cm³/mol. The van der Waals surface area contributed by atoms with Crippen molar-refractivity contribution in [2.45, 2.75) is 38.0 Å². The SMILES string of the molecule is O=c1cc(CC2CCNCC2)nc2nc(C3CC3)[nH]n12. The standard InChI is InChI=1S/C14H19N5O/c20-12-8-11(7-9-3-5-15-6-4-9)16-14-17-13(10-1-2-10)18-19(12)14/h8-10,15H,1-7H2,(H,16,17,18). The molecule has 0 spiro atoms. The molecule has 0 atom stereocenters. The fraction of sp³-hybridized carbons (Fsp3) is 0.643. The Morgan fingerprint density at radius 3 is 2.75 bits per heavy atom. The van der Waals surface area contributed by atoms with Gasteiger partial charge in [0, 0.05) is 12.0 Å². The molecule has 2 aliphatic rings. The number of piperidine rings is 1. The maximum Gasteiger partial charge on any atom is 0.274 e. The third kappa shape index (κ3) is 2.24. The van der Waals surface area contributed by atoms with Crippen molar-refractivity contribution >= 4 is 5.78 Å². The molecule has 1 aliphatic heterocycles. The van der Waals surface area contributed by atoms with Crippen LogP contribution in [0.25, 0.3) is 5.78 Å². The highest BCUT2D eigenvalue weighted by molar-refractivity contribution is 5.29. The van der Waals surface area contributed by atoms with Gasteiger partial charge in [0.25, 0.3) is 11.3 Å². The minimum Gasteiger partial charge on any atom is -0.317 e. The zero-order chi connectivity index (χ0) is 13.5. The van der Waals surface area contributed by atoms with Crippen LogP contribution < -0.4 is 10.9 Å². The molecule has 6 nitrogen and oxygen atoms in total. The van der Waals surface area contributed by atoms with Crippen LogP contribution in [0.5, 0.6) is 0 Å². The van der Waals surface area contributed by atoms with Crippen LogP contribution in [-0.4, -0.2) is 32.7 Å². The van der Waals surface area contributed by atoms with Crippen LogP contribution in [0.3, 0.4) is 0 Å². The Morgan fingerprint density at radius 2 is 2.00 bits per heavy atom. The van der Waals surface area contributed by atoms with E-state index < -0.39 is 0 Å². The molecule has 2 aromatic rings. The zero-order valence-electron chi connectivity index (χ0n) is 11.4. The first-order chi connectivity index (χ1) is 9.79. The summed E-state index contributed by atoms with van der Waals surface area (Å²) < 4.78 is 1.47. The molecule has 4 rings (SSSR count). The van der Waals surface area contributed by atoms with Crippen LogP contribution in [0.1, 0.15) is 43.1 Å². The Morgan fingerprint density at radius 1 is 1.20 bits per heavy atom. The summed E-state index contributed by atoms with van der Waals surface area (Å²) in [5.74, 6) is 2.58. The summed E-state index contributed by atoms with van der Waals surface area (Å²) in [5.41, 5.74) is 0.842. The van der Waals surface area contributed by atoms with Crippen molar-refractivity contribution < 1.29 is 0 Å². The lowest BCUT2D eigenvalue weighted by Gasteiger charge is -2.21. The first kappa shape index (κ1) is 12.1. The number of H-pyrrole nitrogens is 1. The number of hydrogen-bond donors (Lipinski definition) is 2. The van der Waals surface area contributed by atoms with E-state index in [0.29, 0.717) is 17.6 Å². The molecule has 3 heterocycles. The molecule has 0 unspecified atom stereocenters. The molecule has 2 N–H and O–H groups in total. The molecule has 0 amide bonds. The number of hydrogen-bond acceptors (Lipinski definition) is 4. The molecule has 1 saturated heterocycles. The molecule has 0 aromatic carbocycles. The Bertz CT molecular complexity index is 678. The Labute approximate surface area is 116 Å². The fourth-order valence-electron chi connectivity index (χ4n) is 2.97. The number of aromatic amines is 1. The summed E-state index contributed by atoms with van der Waals surface area (Å²) in [6.45, 7) is 2.14. The fourth-order valence-corrected chi connectivity index (χ4v) is 2.97. The normalized spacial score (nSPS) is 20.6. The molecule has 0 bridgehead atoms. The number of nitrogens with one attached hydrogen (secondary N) is 2. The number of rotatable bonds is 3. The van der Waals surface area contributed by atoms with E-state index in [9.17, 15) is 4.79 Å². The Balaban J connectivity index is 1.64. The van der Waals surface area contributed by atoms with Gasteiger partial charge in [-0.05, 0) is 51.1 Å². The molecular weight excluding hydrogens is 254 g/mol. The van der Waals surface area contributed by atoms with Crippen molar-refractivity contribution in [3.63, 3.8) is 0 Å². The number of nitrogens with zero attached hydrogens (tertiary/aromatic N) is 3. The van der Waals surface area contributed by atoms with Gasteiger partial charge in [-0.15, -0.1) is 0 Å². The van der Waals surface area contributed by atoms with E-state index in [-0.39, 0.29) is 5.56 Å². The monoisotopic (exact) mass is 273 g/mol. The van der Waals surface area contributed by atoms with Gasteiger partial charge in [0.05, 0.1) is 5.69 Å². The van der Waals surface area contributed by atoms with Gasteiger partial charge in [-0.3, -0.25) is 9.89 Å². The maximum absolute atomic E-state index is 12.1. The van der Waals surface area contributed by atoms with Gasteiger partial charge in [-0.25, -0.2) is 4.98 Å². The number of aromatic nitrogens is 4. The second-order valence-electron chi connectivity index (χ2n) is 6.00. The molecular formula is C14H19N5O. The van der Waals surface area contributed by atoms with Crippen molar-refractivity contribution in [1.82, 2.24) is 24.9 Å². The van der Waals surface area contributed by atoms with Crippen molar-refractivity contribution in [1.29, 1.82) is 0 Å². The molecule has 1 saturated carbocycles. The van der Waals surface area contributed by atoms with Gasteiger partial charge >= 0.3 is 0 Å². The largest absolute Gasteiger partial charge is 0.317 e. The number of fused-ring (bicyclic) bond motifs is 1. The highest BCUT2D eigenvalue weighted by Gasteiger charge is 2.27. The van der Waals surface area contributed by atoms with Crippen molar-refractivity contribution in [2.24, 2.45) is 5.92 Å². The van der Waals surface area contributed by atoms with E-state index in [2.05, 4.69) is 20.4 Å². The van der Waals surface area contributed by atoms with E-state index in [0.717, 1.165) is 56.7 Å². The summed E-state index contributed by atoms with van der Waals surface area (Å²) in [4.78, 5) is 21.2. The average Bonchev–Trinajstić information content (AvgIpc) is 3.20. The molecule has 2 fully saturated rings. The molecule has 20 heavy (non-hydrogen) atoms. The third-order valence-electron chi connectivity index (χ3n) is 4.32. The minimum atomic E-state index is -0.0432. The molecule has 6 heteroatoms. The van der Waals surface area contributed by atoms with Gasteiger partial charge in [-0.1, -0.05) is 0 Å². The van der Waals surface area contributed by atoms with Gasteiger partial charge in [0.1, 0.15) is 5.82 Å². The second-order valence-corrected chi connectivity index (χ2v) is 6.00. The molecule has 1 aliphatic carbocycles. The van der Waals surface area contributed by atoms with E-state index in [1.165, 1.54) is 4.52 Å². The molecule has 106 valence electrons. The van der Waals surface area contributed by atoms with Crippen LogP contribution >= 0.6 is 0 Å². The summed E-state index contributed by atoms with van der Waals surface area (Å²) >= 11 is 0. The van der Waals surface area contributed by atoms with Crippen molar-refractivity contribution in [3.8, 4) is 0 Å². The smallest absolute Gasteiger partial charge is 0.274 e. The summed E-state index contributed by atoms with van der Waals surface area (Å²) in [6, 6.07) is 1.66. The van der Waals surface area contributed by atoms with Crippen LogP contribution in [0.15, 0.2) is 10.9 Å².